The first-order chi connectivity index (χ1) is 10.9. The zero-order valence-corrected chi connectivity index (χ0v) is 15.0. The van der Waals surface area contributed by atoms with Crippen molar-refractivity contribution < 1.29 is 9.00 Å². The Morgan fingerprint density at radius 3 is 2.57 bits per heavy atom. The molecule has 0 aliphatic heterocycles. The number of hydrogen-bond donors (Lipinski definition) is 2. The van der Waals surface area contributed by atoms with Crippen molar-refractivity contribution >= 4 is 28.9 Å². The average molecular weight is 352 g/mol. The van der Waals surface area contributed by atoms with Crippen molar-refractivity contribution in [3.05, 3.63) is 40.4 Å². The van der Waals surface area contributed by atoms with Crippen molar-refractivity contribution in [1.29, 1.82) is 0 Å². The van der Waals surface area contributed by atoms with Crippen LogP contribution in [0, 0.1) is 4.77 Å². The Bertz CT molecular complexity index is 763. The number of benzene rings is 1. The summed E-state index contributed by atoms with van der Waals surface area (Å²) < 4.78 is 14.3. The number of H-pyrrole nitrogens is 1. The molecule has 124 valence electrons. The molecule has 23 heavy (non-hydrogen) atoms. The lowest BCUT2D eigenvalue weighted by atomic mass is 10.2. The summed E-state index contributed by atoms with van der Waals surface area (Å²) in [5.74, 6) is 0.627. The van der Waals surface area contributed by atoms with Gasteiger partial charge >= 0.3 is 0 Å². The van der Waals surface area contributed by atoms with E-state index >= 15 is 0 Å². The summed E-state index contributed by atoms with van der Waals surface area (Å²) >= 11 is 5.04. The second kappa shape index (κ2) is 7.65. The van der Waals surface area contributed by atoms with E-state index in [1.54, 1.807) is 28.8 Å². The quantitative estimate of drug-likeness (QED) is 0.779. The Balaban J connectivity index is 1.92. The van der Waals surface area contributed by atoms with Gasteiger partial charge in [-0.15, -0.1) is 0 Å². The van der Waals surface area contributed by atoms with E-state index in [9.17, 15) is 9.00 Å². The van der Waals surface area contributed by atoms with Crippen LogP contribution in [0.1, 0.15) is 30.0 Å². The molecule has 2 N–H and O–H groups in total. The van der Waals surface area contributed by atoms with Crippen LogP contribution in [0.2, 0.25) is 0 Å². The van der Waals surface area contributed by atoms with Gasteiger partial charge in [0, 0.05) is 35.7 Å². The Morgan fingerprint density at radius 1 is 1.39 bits per heavy atom. The van der Waals surface area contributed by atoms with Crippen LogP contribution < -0.4 is 5.32 Å². The minimum atomic E-state index is -1.04. The van der Waals surface area contributed by atoms with Crippen molar-refractivity contribution in [2.75, 3.05) is 6.54 Å². The number of carbonyl (C=O) groups excluding carboxylic acids is 1. The molecule has 0 aliphatic carbocycles. The van der Waals surface area contributed by atoms with Gasteiger partial charge in [-0.25, -0.2) is 0 Å². The number of hydrogen-bond acceptors (Lipinski definition) is 4. The van der Waals surface area contributed by atoms with Crippen LogP contribution in [0.3, 0.4) is 0 Å². The highest BCUT2D eigenvalue weighted by Gasteiger charge is 2.10. The highest BCUT2D eigenvalue weighted by Crippen LogP contribution is 2.12. The summed E-state index contributed by atoms with van der Waals surface area (Å²) in [4.78, 5) is 12.8. The third kappa shape index (κ3) is 4.35. The Hall–Kier alpha value is -1.80. The Morgan fingerprint density at radius 2 is 2.04 bits per heavy atom. The zero-order chi connectivity index (χ0) is 17.0. The van der Waals surface area contributed by atoms with Gasteiger partial charge in [0.2, 0.25) is 0 Å². The van der Waals surface area contributed by atoms with E-state index < -0.39 is 10.8 Å². The van der Waals surface area contributed by atoms with E-state index in [0.717, 1.165) is 10.7 Å². The maximum absolute atomic E-state index is 12.1. The van der Waals surface area contributed by atoms with Crippen LogP contribution in [-0.4, -0.2) is 36.7 Å². The summed E-state index contributed by atoms with van der Waals surface area (Å²) in [7, 11) is 0.787. The van der Waals surface area contributed by atoms with Gasteiger partial charge in [-0.05, 0) is 36.5 Å². The van der Waals surface area contributed by atoms with Gasteiger partial charge < -0.3 is 9.88 Å². The second-order valence-electron chi connectivity index (χ2n) is 5.38. The summed E-state index contributed by atoms with van der Waals surface area (Å²) in [6.07, 6.45) is 0.588. The molecule has 1 heterocycles. The van der Waals surface area contributed by atoms with Crippen molar-refractivity contribution in [3.63, 3.8) is 0 Å². The number of aromatic nitrogens is 3. The molecule has 2 rings (SSSR count). The van der Waals surface area contributed by atoms with Crippen molar-refractivity contribution in [1.82, 2.24) is 20.1 Å². The van der Waals surface area contributed by atoms with Gasteiger partial charge in [-0.3, -0.25) is 14.1 Å². The molecule has 2 aromatic rings. The van der Waals surface area contributed by atoms with Crippen molar-refractivity contribution in [2.24, 2.45) is 7.05 Å². The third-order valence-corrected chi connectivity index (χ3v) is 5.34. The summed E-state index contributed by atoms with van der Waals surface area (Å²) in [6, 6.07) is 6.87. The number of carbonyl (C=O) groups is 1. The van der Waals surface area contributed by atoms with Crippen LogP contribution >= 0.6 is 12.2 Å². The predicted molar refractivity (Wildman–Crippen MR) is 92.4 cm³/mol. The van der Waals surface area contributed by atoms with E-state index in [2.05, 4.69) is 15.5 Å². The highest BCUT2D eigenvalue weighted by atomic mass is 32.2. The highest BCUT2D eigenvalue weighted by molar-refractivity contribution is 7.85. The number of nitrogens with one attached hydrogen (secondary N) is 2. The molecule has 1 aromatic heterocycles. The Labute approximate surface area is 142 Å². The molecule has 0 fully saturated rings. The van der Waals surface area contributed by atoms with Crippen molar-refractivity contribution in [2.45, 2.75) is 30.4 Å². The molecule has 0 saturated heterocycles. The summed E-state index contributed by atoms with van der Waals surface area (Å²) in [6.45, 7) is 4.27. The monoisotopic (exact) mass is 352 g/mol. The van der Waals surface area contributed by atoms with Gasteiger partial charge in [-0.2, -0.15) is 5.10 Å². The molecule has 0 unspecified atom stereocenters. The molecule has 0 aliphatic rings. The molecule has 1 atom stereocenters. The van der Waals surface area contributed by atoms with Gasteiger partial charge in [0.25, 0.3) is 5.91 Å². The van der Waals surface area contributed by atoms with Crippen LogP contribution in [0.25, 0.3) is 0 Å². The molecule has 6 nitrogen and oxygen atoms in total. The van der Waals surface area contributed by atoms with E-state index in [4.69, 9.17) is 12.2 Å². The fraction of sp³-hybridized carbons (Fsp3) is 0.400. The van der Waals surface area contributed by atoms with Crippen LogP contribution in [0.5, 0.6) is 0 Å². The fourth-order valence-electron chi connectivity index (χ4n) is 2.01. The number of amides is 1. The molecule has 0 spiro atoms. The normalized spacial score (nSPS) is 12.3. The largest absolute Gasteiger partial charge is 0.352 e. The molecular weight excluding hydrogens is 332 g/mol. The van der Waals surface area contributed by atoms with Gasteiger partial charge in [-0.1, -0.05) is 13.8 Å². The topological polar surface area (TPSA) is 79.8 Å². The molecule has 0 bridgehead atoms. The lowest BCUT2D eigenvalue weighted by Gasteiger charge is -2.08. The predicted octanol–water partition coefficient (Wildman–Crippen LogP) is 1.97. The molecule has 1 aromatic carbocycles. The molecule has 8 heteroatoms. The molecule has 0 saturated carbocycles. The minimum absolute atomic E-state index is 0.0542. The number of rotatable bonds is 6. The van der Waals surface area contributed by atoms with E-state index in [0.29, 0.717) is 23.3 Å². The van der Waals surface area contributed by atoms with E-state index in [1.165, 1.54) is 0 Å². The lowest BCUT2D eigenvalue weighted by Crippen LogP contribution is -2.26. The molecular formula is C15H20N4O2S2. The maximum Gasteiger partial charge on any atom is 0.251 e. The Kier molecular flexibility index (Phi) is 5.84. The first kappa shape index (κ1) is 17.6. The van der Waals surface area contributed by atoms with Gasteiger partial charge in [0.15, 0.2) is 4.77 Å². The van der Waals surface area contributed by atoms with Gasteiger partial charge in [0.05, 0.1) is 10.8 Å². The standard InChI is InChI=1S/C15H20N4O2S2/c1-10(2)23(21)12-6-4-11(5-7-12)14(20)16-9-8-13-17-18-15(22)19(13)3/h4-7,10H,8-9H2,1-3H3,(H,16,20)(H,18,22)/t23-/m0/s1. The minimum Gasteiger partial charge on any atom is -0.352 e. The maximum atomic E-state index is 12.1. The van der Waals surface area contributed by atoms with Crippen LogP contribution in [-0.2, 0) is 24.3 Å². The first-order valence-corrected chi connectivity index (χ1v) is 8.91. The lowest BCUT2D eigenvalue weighted by molar-refractivity contribution is 0.0954. The first-order valence-electron chi connectivity index (χ1n) is 7.29. The van der Waals surface area contributed by atoms with Gasteiger partial charge in [0.1, 0.15) is 5.82 Å². The zero-order valence-electron chi connectivity index (χ0n) is 13.3. The fourth-order valence-corrected chi connectivity index (χ4v) is 3.11. The van der Waals surface area contributed by atoms with E-state index in [-0.39, 0.29) is 11.2 Å². The van der Waals surface area contributed by atoms with Crippen molar-refractivity contribution in [3.8, 4) is 0 Å². The average Bonchev–Trinajstić information content (AvgIpc) is 2.86. The number of aromatic amines is 1. The van der Waals surface area contributed by atoms with Crippen LogP contribution in [0.4, 0.5) is 0 Å². The SMILES string of the molecule is CC(C)[S@](=O)c1ccc(C(=O)NCCc2n[nH]c(=S)n2C)cc1. The summed E-state index contributed by atoms with van der Waals surface area (Å²) in [5, 5.41) is 9.69. The third-order valence-electron chi connectivity index (χ3n) is 3.38. The van der Waals surface area contributed by atoms with Crippen LogP contribution in [0.15, 0.2) is 29.2 Å². The summed E-state index contributed by atoms with van der Waals surface area (Å²) in [5.41, 5.74) is 0.546. The molecule has 0 radical (unpaired) electrons. The smallest absolute Gasteiger partial charge is 0.251 e. The molecule has 1 amide bonds. The van der Waals surface area contributed by atoms with E-state index in [1.807, 2.05) is 20.9 Å². The second-order valence-corrected chi connectivity index (χ2v) is 7.78. The number of nitrogens with zero attached hydrogens (tertiary/aromatic N) is 2.